The number of carbonyl (C=O) groups excluding carboxylic acids is 1. The number of aromatic nitrogens is 2. The molecule has 0 aliphatic carbocycles. The number of rotatable bonds is 7. The Hall–Kier alpha value is -3.99. The van der Waals surface area contributed by atoms with E-state index in [0.29, 0.717) is 17.9 Å². The molecule has 0 saturated heterocycles. The SMILES string of the molecule is Cc1nc(-c2ccccc2)ccc1C(=O)NC(C)c1ccc(OCc2cccnc2)cc1. The van der Waals surface area contributed by atoms with Crippen LogP contribution in [0.25, 0.3) is 11.3 Å². The first-order valence-electron chi connectivity index (χ1n) is 10.6. The van der Waals surface area contributed by atoms with Gasteiger partial charge in [-0.25, -0.2) is 0 Å². The number of aryl methyl sites for hydroxylation is 1. The van der Waals surface area contributed by atoms with E-state index in [0.717, 1.165) is 28.1 Å². The quantitative estimate of drug-likeness (QED) is 0.425. The van der Waals surface area contributed by atoms with Crippen molar-refractivity contribution in [2.24, 2.45) is 0 Å². The summed E-state index contributed by atoms with van der Waals surface area (Å²) in [4.78, 5) is 21.5. The molecule has 4 aromatic rings. The molecule has 1 unspecified atom stereocenters. The van der Waals surface area contributed by atoms with Gasteiger partial charge < -0.3 is 10.1 Å². The van der Waals surface area contributed by atoms with E-state index in [9.17, 15) is 4.79 Å². The third-order valence-corrected chi connectivity index (χ3v) is 5.26. The predicted octanol–water partition coefficient (Wildman–Crippen LogP) is 5.52. The fourth-order valence-electron chi connectivity index (χ4n) is 3.43. The molecule has 5 nitrogen and oxygen atoms in total. The standard InChI is InChI=1S/C27H25N3O2/c1-19(22-10-12-24(13-11-22)32-18-21-7-6-16-28-17-21)30-27(31)25-14-15-26(29-20(25)2)23-8-4-3-5-9-23/h3-17,19H,18H2,1-2H3,(H,30,31). The normalized spacial score (nSPS) is 11.6. The van der Waals surface area contributed by atoms with Gasteiger partial charge in [0.2, 0.25) is 0 Å². The molecule has 2 aromatic heterocycles. The molecule has 160 valence electrons. The maximum atomic E-state index is 12.8. The number of nitrogens with zero attached hydrogens (tertiary/aromatic N) is 2. The first-order chi connectivity index (χ1) is 15.6. The second-order valence-corrected chi connectivity index (χ2v) is 7.61. The van der Waals surface area contributed by atoms with E-state index < -0.39 is 0 Å². The first-order valence-corrected chi connectivity index (χ1v) is 10.6. The van der Waals surface area contributed by atoms with Crippen molar-refractivity contribution in [3.63, 3.8) is 0 Å². The minimum absolute atomic E-state index is 0.140. The molecular formula is C27H25N3O2. The van der Waals surface area contributed by atoms with E-state index in [-0.39, 0.29) is 11.9 Å². The van der Waals surface area contributed by atoms with Gasteiger partial charge in [-0.2, -0.15) is 0 Å². The van der Waals surface area contributed by atoms with Gasteiger partial charge in [0.25, 0.3) is 5.91 Å². The highest BCUT2D eigenvalue weighted by Gasteiger charge is 2.15. The average Bonchev–Trinajstić information content (AvgIpc) is 2.84. The highest BCUT2D eigenvalue weighted by molar-refractivity contribution is 5.95. The Kier molecular flexibility index (Phi) is 6.56. The molecule has 0 radical (unpaired) electrons. The zero-order chi connectivity index (χ0) is 22.3. The van der Waals surface area contributed by atoms with Gasteiger partial charge in [-0.1, -0.05) is 48.5 Å². The maximum absolute atomic E-state index is 12.8. The minimum atomic E-state index is -0.150. The van der Waals surface area contributed by atoms with Crippen molar-refractivity contribution >= 4 is 5.91 Å². The number of nitrogens with one attached hydrogen (secondary N) is 1. The van der Waals surface area contributed by atoms with Gasteiger partial charge in [0.05, 0.1) is 23.0 Å². The Morgan fingerprint density at radius 2 is 1.75 bits per heavy atom. The van der Waals surface area contributed by atoms with Crippen molar-refractivity contribution in [2.45, 2.75) is 26.5 Å². The summed E-state index contributed by atoms with van der Waals surface area (Å²) in [6.07, 6.45) is 3.53. The van der Waals surface area contributed by atoms with Gasteiger partial charge in [-0.15, -0.1) is 0 Å². The van der Waals surface area contributed by atoms with Gasteiger partial charge in [-0.3, -0.25) is 14.8 Å². The van der Waals surface area contributed by atoms with Crippen LogP contribution >= 0.6 is 0 Å². The van der Waals surface area contributed by atoms with E-state index in [1.165, 1.54) is 0 Å². The zero-order valence-electron chi connectivity index (χ0n) is 18.2. The smallest absolute Gasteiger partial charge is 0.253 e. The summed E-state index contributed by atoms with van der Waals surface area (Å²) in [6.45, 7) is 4.29. The molecule has 0 aliphatic heterocycles. The third kappa shape index (κ3) is 5.19. The summed E-state index contributed by atoms with van der Waals surface area (Å²) >= 11 is 0. The van der Waals surface area contributed by atoms with Crippen molar-refractivity contribution in [3.8, 4) is 17.0 Å². The molecule has 32 heavy (non-hydrogen) atoms. The van der Waals surface area contributed by atoms with Crippen molar-refractivity contribution in [1.29, 1.82) is 0 Å². The Morgan fingerprint density at radius 3 is 2.44 bits per heavy atom. The number of pyridine rings is 2. The molecule has 0 spiro atoms. The molecule has 2 heterocycles. The van der Waals surface area contributed by atoms with Crippen molar-refractivity contribution in [2.75, 3.05) is 0 Å². The summed E-state index contributed by atoms with van der Waals surface area (Å²) in [5.74, 6) is 0.631. The van der Waals surface area contributed by atoms with Crippen LogP contribution < -0.4 is 10.1 Å². The van der Waals surface area contributed by atoms with Gasteiger partial charge in [0, 0.05) is 23.5 Å². The Bertz CT molecular complexity index is 1180. The molecule has 0 aliphatic rings. The topological polar surface area (TPSA) is 64.1 Å². The summed E-state index contributed by atoms with van der Waals surface area (Å²) < 4.78 is 5.80. The maximum Gasteiger partial charge on any atom is 0.253 e. The number of amides is 1. The largest absolute Gasteiger partial charge is 0.489 e. The molecule has 2 aromatic carbocycles. The Balaban J connectivity index is 1.38. The van der Waals surface area contributed by atoms with Crippen LogP contribution in [-0.2, 0) is 6.61 Å². The lowest BCUT2D eigenvalue weighted by Crippen LogP contribution is -2.27. The molecule has 0 saturated carbocycles. The van der Waals surface area contributed by atoms with E-state index in [1.807, 2.05) is 92.7 Å². The number of hydrogen-bond donors (Lipinski definition) is 1. The van der Waals surface area contributed by atoms with Crippen LogP contribution in [0.5, 0.6) is 5.75 Å². The van der Waals surface area contributed by atoms with Crippen LogP contribution in [0.2, 0.25) is 0 Å². The molecule has 1 amide bonds. The monoisotopic (exact) mass is 423 g/mol. The molecule has 0 bridgehead atoms. The molecular weight excluding hydrogens is 398 g/mol. The summed E-state index contributed by atoms with van der Waals surface area (Å²) in [6, 6.07) is 25.1. The number of hydrogen-bond acceptors (Lipinski definition) is 4. The van der Waals surface area contributed by atoms with Gasteiger partial charge in [0.15, 0.2) is 0 Å². The van der Waals surface area contributed by atoms with E-state index in [1.54, 1.807) is 12.4 Å². The van der Waals surface area contributed by atoms with Gasteiger partial charge >= 0.3 is 0 Å². The third-order valence-electron chi connectivity index (χ3n) is 5.26. The number of benzene rings is 2. The molecule has 5 heteroatoms. The summed E-state index contributed by atoms with van der Waals surface area (Å²) in [5.41, 5.74) is 5.18. The van der Waals surface area contributed by atoms with Crippen LogP contribution in [0.1, 0.15) is 40.1 Å². The van der Waals surface area contributed by atoms with Crippen LogP contribution in [0.15, 0.2) is 91.3 Å². The Morgan fingerprint density at radius 1 is 0.969 bits per heavy atom. The highest BCUT2D eigenvalue weighted by atomic mass is 16.5. The van der Waals surface area contributed by atoms with Crippen LogP contribution in [0.3, 0.4) is 0 Å². The first kappa shape index (κ1) is 21.2. The van der Waals surface area contributed by atoms with E-state index >= 15 is 0 Å². The molecule has 4 rings (SSSR count). The van der Waals surface area contributed by atoms with Crippen LogP contribution in [0.4, 0.5) is 0 Å². The minimum Gasteiger partial charge on any atom is -0.489 e. The fraction of sp³-hybridized carbons (Fsp3) is 0.148. The second kappa shape index (κ2) is 9.88. The summed E-state index contributed by atoms with van der Waals surface area (Å²) in [5, 5.41) is 3.06. The number of ether oxygens (including phenoxy) is 1. The molecule has 1 N–H and O–H groups in total. The fourth-order valence-corrected chi connectivity index (χ4v) is 3.43. The van der Waals surface area contributed by atoms with Crippen molar-refractivity contribution in [1.82, 2.24) is 15.3 Å². The second-order valence-electron chi connectivity index (χ2n) is 7.61. The van der Waals surface area contributed by atoms with E-state index in [2.05, 4.69) is 15.3 Å². The lowest BCUT2D eigenvalue weighted by Gasteiger charge is -2.16. The van der Waals surface area contributed by atoms with Gasteiger partial charge in [0.1, 0.15) is 12.4 Å². The number of carbonyl (C=O) groups is 1. The van der Waals surface area contributed by atoms with Crippen molar-refractivity contribution < 1.29 is 9.53 Å². The van der Waals surface area contributed by atoms with Crippen LogP contribution in [0, 0.1) is 6.92 Å². The average molecular weight is 424 g/mol. The van der Waals surface area contributed by atoms with Crippen molar-refractivity contribution in [3.05, 3.63) is 114 Å². The van der Waals surface area contributed by atoms with E-state index in [4.69, 9.17) is 4.74 Å². The Labute approximate surface area is 188 Å². The summed E-state index contributed by atoms with van der Waals surface area (Å²) in [7, 11) is 0. The zero-order valence-corrected chi connectivity index (χ0v) is 18.2. The lowest BCUT2D eigenvalue weighted by molar-refractivity contribution is 0.0939. The predicted molar refractivity (Wildman–Crippen MR) is 125 cm³/mol. The highest BCUT2D eigenvalue weighted by Crippen LogP contribution is 2.21. The van der Waals surface area contributed by atoms with Gasteiger partial charge in [-0.05, 0) is 49.7 Å². The molecule has 1 atom stereocenters. The molecule has 0 fully saturated rings. The van der Waals surface area contributed by atoms with Crippen LogP contribution in [-0.4, -0.2) is 15.9 Å². The lowest BCUT2D eigenvalue weighted by atomic mass is 10.1.